The first-order valence-corrected chi connectivity index (χ1v) is 11.7. The van der Waals surface area contributed by atoms with Crippen LogP contribution in [0.3, 0.4) is 0 Å². The molecule has 1 N–H and O–H groups in total. The molecule has 0 aromatic heterocycles. The number of anilines is 2. The van der Waals surface area contributed by atoms with Crippen LogP contribution in [0, 0.1) is 0 Å². The van der Waals surface area contributed by atoms with Gasteiger partial charge >= 0.3 is 6.36 Å². The highest BCUT2D eigenvalue weighted by Crippen LogP contribution is 2.47. The Morgan fingerprint density at radius 3 is 2.58 bits per heavy atom. The molecular weight excluding hydrogens is 497 g/mol. The molecule has 11 heteroatoms. The number of benzene rings is 3. The fraction of sp³-hybridized carbons (Fsp3) is 0.200. The number of hydrogen-bond donors (Lipinski definition) is 1. The van der Waals surface area contributed by atoms with Crippen LogP contribution in [-0.2, 0) is 9.59 Å². The van der Waals surface area contributed by atoms with Gasteiger partial charge in [0.2, 0.25) is 18.6 Å². The lowest BCUT2D eigenvalue weighted by molar-refractivity contribution is -0.274. The molecule has 0 saturated carbocycles. The Hall–Kier alpha value is -3.86. The lowest BCUT2D eigenvalue weighted by atomic mass is 10.1. The summed E-state index contributed by atoms with van der Waals surface area (Å²) < 4.78 is 51.8. The second-order valence-electron chi connectivity index (χ2n) is 7.99. The summed E-state index contributed by atoms with van der Waals surface area (Å²) in [6.45, 7) is -0.107. The zero-order valence-corrected chi connectivity index (χ0v) is 19.4. The molecule has 5 rings (SSSR count). The lowest BCUT2D eigenvalue weighted by Gasteiger charge is -2.22. The highest BCUT2D eigenvalue weighted by Gasteiger charge is 2.32. The van der Waals surface area contributed by atoms with E-state index in [1.54, 1.807) is 12.1 Å². The third-order valence-corrected chi connectivity index (χ3v) is 6.85. The fourth-order valence-corrected chi connectivity index (χ4v) is 5.21. The van der Waals surface area contributed by atoms with Gasteiger partial charge in [-0.25, -0.2) is 0 Å². The number of alkyl halides is 3. The number of hydrogen-bond acceptors (Lipinski definition) is 6. The molecule has 2 heterocycles. The Morgan fingerprint density at radius 2 is 1.81 bits per heavy atom. The molecule has 1 atom stereocenters. The Morgan fingerprint density at radius 1 is 1.06 bits per heavy atom. The molecule has 36 heavy (non-hydrogen) atoms. The number of carbonyl (C=O) groups excluding carboxylic acids is 2. The highest BCUT2D eigenvalue weighted by atomic mass is 32.2. The Kier molecular flexibility index (Phi) is 6.40. The van der Waals surface area contributed by atoms with Crippen LogP contribution in [-0.4, -0.2) is 31.5 Å². The van der Waals surface area contributed by atoms with E-state index >= 15 is 0 Å². The van der Waals surface area contributed by atoms with Crippen LogP contribution in [0.25, 0.3) is 0 Å². The number of carbonyl (C=O) groups is 2. The largest absolute Gasteiger partial charge is 0.573 e. The third kappa shape index (κ3) is 5.35. The van der Waals surface area contributed by atoms with Crippen molar-refractivity contribution < 1.29 is 37.0 Å². The van der Waals surface area contributed by atoms with Gasteiger partial charge < -0.3 is 24.4 Å². The Bertz CT molecular complexity index is 1300. The van der Waals surface area contributed by atoms with Gasteiger partial charge in [0.15, 0.2) is 11.5 Å². The van der Waals surface area contributed by atoms with Crippen LogP contribution in [0.5, 0.6) is 17.2 Å². The van der Waals surface area contributed by atoms with E-state index in [-0.39, 0.29) is 36.6 Å². The van der Waals surface area contributed by atoms with Gasteiger partial charge in [0.25, 0.3) is 0 Å². The molecule has 1 unspecified atom stereocenters. The maximum Gasteiger partial charge on any atom is 0.573 e. The summed E-state index contributed by atoms with van der Waals surface area (Å²) >= 11 is 1.52. The maximum atomic E-state index is 13.3. The van der Waals surface area contributed by atoms with Gasteiger partial charge in [-0.3, -0.25) is 9.59 Å². The summed E-state index contributed by atoms with van der Waals surface area (Å²) in [6.07, 6.45) is -4.66. The summed E-state index contributed by atoms with van der Waals surface area (Å²) in [4.78, 5) is 28.4. The summed E-state index contributed by atoms with van der Waals surface area (Å²) in [7, 11) is 0. The average Bonchev–Trinajstić information content (AvgIpc) is 3.26. The van der Waals surface area contributed by atoms with Crippen LogP contribution in [0.1, 0.15) is 17.2 Å². The van der Waals surface area contributed by atoms with E-state index < -0.39 is 18.0 Å². The molecule has 0 radical (unpaired) electrons. The molecule has 0 aliphatic carbocycles. The molecule has 2 aliphatic heterocycles. The predicted molar refractivity (Wildman–Crippen MR) is 126 cm³/mol. The normalized spacial score (nSPS) is 16.8. The van der Waals surface area contributed by atoms with Crippen LogP contribution in [0.15, 0.2) is 71.6 Å². The van der Waals surface area contributed by atoms with Gasteiger partial charge in [0, 0.05) is 22.3 Å². The molecule has 0 bridgehead atoms. The van der Waals surface area contributed by atoms with Crippen LogP contribution in [0.4, 0.5) is 24.5 Å². The number of nitrogens with one attached hydrogen (secondary N) is 1. The predicted octanol–water partition coefficient (Wildman–Crippen LogP) is 5.52. The molecule has 2 aliphatic rings. The number of fused-ring (bicyclic) bond motifs is 2. The van der Waals surface area contributed by atoms with Gasteiger partial charge in [-0.2, -0.15) is 0 Å². The smallest absolute Gasteiger partial charge is 0.454 e. The van der Waals surface area contributed by atoms with Crippen LogP contribution < -0.4 is 24.4 Å². The van der Waals surface area contributed by atoms with E-state index in [0.717, 1.165) is 22.6 Å². The fourth-order valence-electron chi connectivity index (χ4n) is 3.93. The number of rotatable bonds is 5. The number of nitrogens with zero attached hydrogens (tertiary/aromatic N) is 1. The number of halogens is 3. The van der Waals surface area contributed by atoms with E-state index in [1.807, 2.05) is 30.3 Å². The first-order chi connectivity index (χ1) is 17.2. The average molecular weight is 516 g/mol. The first-order valence-electron chi connectivity index (χ1n) is 10.9. The van der Waals surface area contributed by atoms with Crippen LogP contribution >= 0.6 is 11.8 Å². The topological polar surface area (TPSA) is 77.1 Å². The summed E-state index contributed by atoms with van der Waals surface area (Å²) in [6, 6.07) is 17.7. The Labute approximate surface area is 208 Å². The Balaban J connectivity index is 1.32. The highest BCUT2D eigenvalue weighted by molar-refractivity contribution is 7.99. The minimum absolute atomic E-state index is 0.149. The van der Waals surface area contributed by atoms with Gasteiger partial charge in [-0.15, -0.1) is 24.9 Å². The third-order valence-electron chi connectivity index (χ3n) is 5.53. The molecule has 0 fully saturated rings. The number of para-hydroxylation sites is 1. The monoisotopic (exact) mass is 516 g/mol. The zero-order valence-electron chi connectivity index (χ0n) is 18.6. The SMILES string of the molecule is O=C(CN1C(=O)CC(c2ccc3c(c2)OCO3)Sc2ccccc21)Nc1ccc(OC(F)(F)F)cc1. The number of ether oxygens (including phenoxy) is 3. The molecule has 3 aromatic rings. The quantitative estimate of drug-likeness (QED) is 0.481. The number of amides is 2. The van der Waals surface area contributed by atoms with Crippen molar-refractivity contribution in [3.63, 3.8) is 0 Å². The first kappa shape index (κ1) is 23.9. The van der Waals surface area contributed by atoms with Crippen molar-refractivity contribution in [1.29, 1.82) is 0 Å². The van der Waals surface area contributed by atoms with Crippen molar-refractivity contribution >= 4 is 35.0 Å². The summed E-state index contributed by atoms with van der Waals surface area (Å²) in [5.74, 6) is 0.151. The molecule has 0 saturated heterocycles. The van der Waals surface area contributed by atoms with Crippen molar-refractivity contribution in [2.24, 2.45) is 0 Å². The molecule has 186 valence electrons. The number of thioether (sulfide) groups is 1. The minimum Gasteiger partial charge on any atom is -0.454 e. The summed E-state index contributed by atoms with van der Waals surface area (Å²) in [5.41, 5.74) is 1.79. The minimum atomic E-state index is -4.80. The van der Waals surface area contributed by atoms with Crippen molar-refractivity contribution in [2.75, 3.05) is 23.6 Å². The standard InChI is InChI=1S/C25H19F3N2O5S/c26-25(27,28)35-17-8-6-16(7-9-17)29-23(31)13-30-18-3-1-2-4-21(18)36-22(12-24(30)32)15-5-10-19-20(11-15)34-14-33-19/h1-11,22H,12-14H2,(H,29,31). The van der Waals surface area contributed by atoms with E-state index in [9.17, 15) is 22.8 Å². The van der Waals surface area contributed by atoms with E-state index in [0.29, 0.717) is 17.2 Å². The molecule has 2 amide bonds. The van der Waals surface area contributed by atoms with Crippen molar-refractivity contribution in [2.45, 2.75) is 22.9 Å². The molecule has 7 nitrogen and oxygen atoms in total. The molecule has 0 spiro atoms. The molecular formula is C25H19F3N2O5S. The second kappa shape index (κ2) is 9.65. The van der Waals surface area contributed by atoms with Crippen molar-refractivity contribution in [3.8, 4) is 17.2 Å². The lowest BCUT2D eigenvalue weighted by Crippen LogP contribution is -2.38. The van der Waals surface area contributed by atoms with Gasteiger partial charge in [-0.05, 0) is 54.1 Å². The maximum absolute atomic E-state index is 13.3. The van der Waals surface area contributed by atoms with Gasteiger partial charge in [0.05, 0.1) is 5.69 Å². The van der Waals surface area contributed by atoms with Crippen molar-refractivity contribution in [1.82, 2.24) is 0 Å². The van der Waals surface area contributed by atoms with Gasteiger partial charge in [-0.1, -0.05) is 18.2 Å². The summed E-state index contributed by atoms with van der Waals surface area (Å²) in [5, 5.41) is 2.41. The van der Waals surface area contributed by atoms with Crippen LogP contribution in [0.2, 0.25) is 0 Å². The van der Waals surface area contributed by atoms with E-state index in [4.69, 9.17) is 9.47 Å². The van der Waals surface area contributed by atoms with Gasteiger partial charge in [0.1, 0.15) is 12.3 Å². The second-order valence-corrected chi connectivity index (χ2v) is 9.24. The van der Waals surface area contributed by atoms with E-state index in [1.165, 1.54) is 28.8 Å². The molecule has 3 aromatic carbocycles. The zero-order chi connectivity index (χ0) is 25.3. The van der Waals surface area contributed by atoms with Crippen molar-refractivity contribution in [3.05, 3.63) is 72.3 Å². The van der Waals surface area contributed by atoms with E-state index in [2.05, 4.69) is 10.1 Å².